The van der Waals surface area contributed by atoms with Gasteiger partial charge >= 0.3 is 0 Å². The second-order valence-corrected chi connectivity index (χ2v) is 7.57. The van der Waals surface area contributed by atoms with Gasteiger partial charge in [0.2, 0.25) is 0 Å². The molecule has 162 valence electrons. The van der Waals surface area contributed by atoms with Crippen molar-refractivity contribution in [1.29, 1.82) is 0 Å². The highest BCUT2D eigenvalue weighted by Gasteiger charge is 2.23. The van der Waals surface area contributed by atoms with E-state index in [-0.39, 0.29) is 12.5 Å². The number of halogens is 1. The van der Waals surface area contributed by atoms with Gasteiger partial charge in [0.1, 0.15) is 35.9 Å². The zero-order valence-corrected chi connectivity index (χ0v) is 17.8. The minimum Gasteiger partial charge on any atom is -0.486 e. The molecule has 4 aromatic rings. The van der Waals surface area contributed by atoms with Gasteiger partial charge in [-0.05, 0) is 31.2 Å². The first kappa shape index (κ1) is 20.1. The topological polar surface area (TPSA) is 99.6 Å². The molecule has 0 radical (unpaired) electrons. The Morgan fingerprint density at radius 3 is 2.69 bits per heavy atom. The Hall–Kier alpha value is -3.78. The lowest BCUT2D eigenvalue weighted by Crippen LogP contribution is -2.23. The highest BCUT2D eigenvalue weighted by atomic mass is 35.5. The third-order valence-corrected chi connectivity index (χ3v) is 5.36. The lowest BCUT2D eigenvalue weighted by Gasteiger charge is -2.18. The highest BCUT2D eigenvalue weighted by Crippen LogP contribution is 2.35. The molecule has 2 aromatic heterocycles. The number of hydrogen-bond acceptors (Lipinski definition) is 7. The van der Waals surface area contributed by atoms with Crippen LogP contribution >= 0.6 is 11.6 Å². The van der Waals surface area contributed by atoms with Crippen LogP contribution in [-0.2, 0) is 6.54 Å². The van der Waals surface area contributed by atoms with Crippen molar-refractivity contribution in [2.24, 2.45) is 0 Å². The number of hydrogen-bond donors (Lipinski definition) is 1. The average Bonchev–Trinajstić information content (AvgIpc) is 3.44. The van der Waals surface area contributed by atoms with Crippen LogP contribution in [0.5, 0.6) is 11.5 Å². The second kappa shape index (κ2) is 8.39. The number of fused-ring (bicyclic) bond motifs is 1. The Kier molecular flexibility index (Phi) is 5.28. The molecule has 0 bridgehead atoms. The van der Waals surface area contributed by atoms with Gasteiger partial charge in [0.05, 0.1) is 11.6 Å². The number of amides is 1. The van der Waals surface area contributed by atoms with Crippen molar-refractivity contribution in [2.75, 3.05) is 13.2 Å². The first-order valence-electron chi connectivity index (χ1n) is 9.95. The van der Waals surface area contributed by atoms with Crippen LogP contribution in [0.2, 0.25) is 5.02 Å². The van der Waals surface area contributed by atoms with Crippen LogP contribution < -0.4 is 14.8 Å². The van der Waals surface area contributed by atoms with Crippen LogP contribution in [0.4, 0.5) is 0 Å². The van der Waals surface area contributed by atoms with E-state index in [0.29, 0.717) is 63.8 Å². The summed E-state index contributed by atoms with van der Waals surface area (Å²) in [5, 5.41) is 11.4. The number of rotatable bonds is 5. The number of aryl methyl sites for hydroxylation is 1. The molecule has 1 amide bonds. The van der Waals surface area contributed by atoms with Gasteiger partial charge < -0.3 is 23.8 Å². The van der Waals surface area contributed by atoms with Crippen LogP contribution in [0, 0.1) is 6.92 Å². The fourth-order valence-corrected chi connectivity index (χ4v) is 3.69. The molecule has 0 saturated heterocycles. The van der Waals surface area contributed by atoms with E-state index >= 15 is 0 Å². The molecule has 0 aliphatic carbocycles. The largest absolute Gasteiger partial charge is 0.486 e. The van der Waals surface area contributed by atoms with E-state index in [2.05, 4.69) is 15.6 Å². The molecule has 32 heavy (non-hydrogen) atoms. The van der Waals surface area contributed by atoms with Gasteiger partial charge in [0.25, 0.3) is 5.91 Å². The van der Waals surface area contributed by atoms with Gasteiger partial charge in [-0.25, -0.2) is 0 Å². The monoisotopic (exact) mass is 451 g/mol. The first-order chi connectivity index (χ1) is 15.6. The number of ether oxygens (including phenoxy) is 2. The predicted molar refractivity (Wildman–Crippen MR) is 116 cm³/mol. The molecular weight excluding hydrogens is 434 g/mol. The number of aromatic nitrogens is 2. The quantitative estimate of drug-likeness (QED) is 0.471. The Labute approximate surface area is 188 Å². The minimum absolute atomic E-state index is 0.166. The molecule has 8 nitrogen and oxygen atoms in total. The zero-order chi connectivity index (χ0) is 22.1. The van der Waals surface area contributed by atoms with E-state index in [9.17, 15) is 4.79 Å². The van der Waals surface area contributed by atoms with Crippen LogP contribution in [-0.4, -0.2) is 29.4 Å². The van der Waals surface area contributed by atoms with Gasteiger partial charge in [-0.3, -0.25) is 4.79 Å². The maximum atomic E-state index is 12.9. The van der Waals surface area contributed by atoms with Crippen molar-refractivity contribution >= 4 is 17.5 Å². The van der Waals surface area contributed by atoms with Gasteiger partial charge in [-0.1, -0.05) is 40.1 Å². The number of benzene rings is 2. The molecule has 1 aliphatic rings. The third kappa shape index (κ3) is 3.80. The molecule has 9 heteroatoms. The van der Waals surface area contributed by atoms with Crippen molar-refractivity contribution in [2.45, 2.75) is 13.5 Å². The summed E-state index contributed by atoms with van der Waals surface area (Å²) in [6.45, 7) is 2.88. The van der Waals surface area contributed by atoms with Crippen molar-refractivity contribution in [3.8, 4) is 34.1 Å². The first-order valence-corrected chi connectivity index (χ1v) is 10.3. The number of nitrogens with zero attached hydrogens (tertiary/aromatic N) is 2. The lowest BCUT2D eigenvalue weighted by atomic mass is 10.1. The zero-order valence-electron chi connectivity index (χ0n) is 17.1. The van der Waals surface area contributed by atoms with E-state index in [4.69, 9.17) is 30.1 Å². The lowest BCUT2D eigenvalue weighted by molar-refractivity contribution is 0.0949. The van der Waals surface area contributed by atoms with E-state index in [1.807, 2.05) is 30.3 Å². The van der Waals surface area contributed by atoms with E-state index in [1.54, 1.807) is 25.1 Å². The molecule has 0 atom stereocenters. The molecule has 1 aliphatic heterocycles. The summed E-state index contributed by atoms with van der Waals surface area (Å²) in [6.07, 6.45) is 0. The van der Waals surface area contributed by atoms with Crippen LogP contribution in [0.1, 0.15) is 21.8 Å². The molecule has 2 aromatic carbocycles. The van der Waals surface area contributed by atoms with Crippen molar-refractivity contribution in [1.82, 2.24) is 15.6 Å². The van der Waals surface area contributed by atoms with E-state index in [0.717, 1.165) is 5.56 Å². The van der Waals surface area contributed by atoms with Crippen molar-refractivity contribution in [3.63, 3.8) is 0 Å². The van der Waals surface area contributed by atoms with Gasteiger partial charge in [0, 0.05) is 17.2 Å². The number of carbonyl (C=O) groups is 1. The van der Waals surface area contributed by atoms with Gasteiger partial charge in [0.15, 0.2) is 17.3 Å². The standard InChI is InChI=1S/C23H18ClN3O5/c1-13-21(22(27-31-13)16-4-2-3-5-17(16)24)23(28)25-12-15-11-19(32-26-15)14-6-7-18-20(10-14)30-9-8-29-18/h2-7,10-11H,8-9,12H2,1H3,(H,25,28). The smallest absolute Gasteiger partial charge is 0.257 e. The molecule has 1 N–H and O–H groups in total. The SMILES string of the molecule is Cc1onc(-c2ccccc2Cl)c1C(=O)NCc1cc(-c2ccc3c(c2)OCCO3)on1. The van der Waals surface area contributed by atoms with Gasteiger partial charge in [-0.2, -0.15) is 0 Å². The fraction of sp³-hybridized carbons (Fsp3) is 0.174. The van der Waals surface area contributed by atoms with E-state index < -0.39 is 0 Å². The molecule has 0 spiro atoms. The predicted octanol–water partition coefficient (Wildman–Crippen LogP) is 4.66. The Bertz CT molecular complexity index is 1300. The van der Waals surface area contributed by atoms with Crippen molar-refractivity contribution in [3.05, 3.63) is 70.6 Å². The summed E-state index contributed by atoms with van der Waals surface area (Å²) in [4.78, 5) is 12.9. The van der Waals surface area contributed by atoms with Gasteiger partial charge in [-0.15, -0.1) is 0 Å². The Morgan fingerprint density at radius 1 is 1.03 bits per heavy atom. The van der Waals surface area contributed by atoms with Crippen LogP contribution in [0.3, 0.4) is 0 Å². The molecule has 3 heterocycles. The number of nitrogens with one attached hydrogen (secondary N) is 1. The fourth-order valence-electron chi connectivity index (χ4n) is 3.46. The molecule has 5 rings (SSSR count). The summed E-state index contributed by atoms with van der Waals surface area (Å²) in [5.74, 6) is 1.97. The number of carbonyl (C=O) groups excluding carboxylic acids is 1. The molecule has 0 saturated carbocycles. The van der Waals surface area contributed by atoms with Crippen molar-refractivity contribution < 1.29 is 23.3 Å². The Morgan fingerprint density at radius 2 is 1.84 bits per heavy atom. The minimum atomic E-state index is -0.345. The second-order valence-electron chi connectivity index (χ2n) is 7.17. The van der Waals surface area contributed by atoms with Crippen LogP contribution in [0.25, 0.3) is 22.6 Å². The molecule has 0 fully saturated rings. The maximum Gasteiger partial charge on any atom is 0.257 e. The maximum absolute atomic E-state index is 12.9. The summed E-state index contributed by atoms with van der Waals surface area (Å²) < 4.78 is 21.9. The normalized spacial score (nSPS) is 12.6. The third-order valence-electron chi connectivity index (χ3n) is 5.03. The highest BCUT2D eigenvalue weighted by molar-refractivity contribution is 6.33. The summed E-state index contributed by atoms with van der Waals surface area (Å²) in [5.41, 5.74) is 2.71. The molecule has 0 unspecified atom stereocenters. The van der Waals surface area contributed by atoms with Crippen LogP contribution in [0.15, 0.2) is 57.6 Å². The van der Waals surface area contributed by atoms with E-state index in [1.165, 1.54) is 0 Å². The summed E-state index contributed by atoms with van der Waals surface area (Å²) >= 11 is 6.27. The Balaban J connectivity index is 1.32. The summed E-state index contributed by atoms with van der Waals surface area (Å²) in [6, 6.07) is 14.5. The average molecular weight is 452 g/mol. The molecular formula is C23H18ClN3O5. The summed E-state index contributed by atoms with van der Waals surface area (Å²) in [7, 11) is 0.